The quantitative estimate of drug-likeness (QED) is 0.464. The lowest BCUT2D eigenvalue weighted by molar-refractivity contribution is 0.0475. The van der Waals surface area contributed by atoms with Crippen molar-refractivity contribution in [3.63, 3.8) is 0 Å². The average Bonchev–Trinajstić information content (AvgIpc) is 3.26. The first-order valence-corrected chi connectivity index (χ1v) is 9.22. The van der Waals surface area contributed by atoms with Crippen LogP contribution in [0.1, 0.15) is 21.5 Å². The number of benzene rings is 2. The van der Waals surface area contributed by atoms with Crippen molar-refractivity contribution in [2.75, 3.05) is 0 Å². The highest BCUT2D eigenvalue weighted by Gasteiger charge is 2.15. The number of ether oxygens (including phenoxy) is 1. The Morgan fingerprint density at radius 1 is 1.07 bits per heavy atom. The summed E-state index contributed by atoms with van der Waals surface area (Å²) >= 11 is 1.57. The summed E-state index contributed by atoms with van der Waals surface area (Å²) in [5, 5.41) is 11.7. The van der Waals surface area contributed by atoms with Gasteiger partial charge in [-0.1, -0.05) is 36.4 Å². The fraction of sp³-hybridized carbons (Fsp3) is 0.0455. The number of esters is 1. The molecule has 0 amide bonds. The van der Waals surface area contributed by atoms with Crippen molar-refractivity contribution in [2.45, 2.75) is 6.61 Å². The van der Waals surface area contributed by atoms with Gasteiger partial charge in [0.05, 0.1) is 33.3 Å². The zero-order valence-electron chi connectivity index (χ0n) is 14.3. The summed E-state index contributed by atoms with van der Waals surface area (Å²) in [4.78, 5) is 18.5. The highest BCUT2D eigenvalue weighted by atomic mass is 32.1. The van der Waals surface area contributed by atoms with Gasteiger partial charge in [-0.3, -0.25) is 0 Å². The van der Waals surface area contributed by atoms with Gasteiger partial charge in [-0.05, 0) is 41.3 Å². The number of rotatable bonds is 4. The highest BCUT2D eigenvalue weighted by molar-refractivity contribution is 7.13. The van der Waals surface area contributed by atoms with Crippen molar-refractivity contribution in [1.29, 1.82) is 5.26 Å². The molecule has 4 aromatic rings. The lowest BCUT2D eigenvalue weighted by Crippen LogP contribution is -2.07. The third-order valence-electron chi connectivity index (χ3n) is 4.14. The number of carbonyl (C=O) groups is 1. The Kier molecular flexibility index (Phi) is 4.65. The van der Waals surface area contributed by atoms with E-state index in [1.54, 1.807) is 35.6 Å². The molecule has 0 spiro atoms. The van der Waals surface area contributed by atoms with Crippen LogP contribution in [0.15, 0.2) is 72.1 Å². The van der Waals surface area contributed by atoms with Crippen LogP contribution in [0.2, 0.25) is 0 Å². The number of nitrogens with zero attached hydrogens (tertiary/aromatic N) is 2. The Hall–Kier alpha value is -3.49. The molecule has 4 nitrogen and oxygen atoms in total. The van der Waals surface area contributed by atoms with Crippen molar-refractivity contribution in [1.82, 2.24) is 4.98 Å². The maximum atomic E-state index is 12.8. The van der Waals surface area contributed by atoms with E-state index in [-0.39, 0.29) is 6.61 Å². The largest absolute Gasteiger partial charge is 0.457 e. The molecule has 27 heavy (non-hydrogen) atoms. The number of carbonyl (C=O) groups excluding carboxylic acids is 1. The molecule has 4 rings (SSSR count). The molecule has 0 saturated carbocycles. The standard InChI is InChI=1S/C22H14N2O2S/c23-13-15-5-3-6-16(11-15)14-26-22(25)18-12-20(21-9-4-10-27-21)24-19-8-2-1-7-17(18)19/h1-12H,14H2. The molecule has 0 aliphatic carbocycles. The summed E-state index contributed by atoms with van der Waals surface area (Å²) in [5.74, 6) is -0.409. The van der Waals surface area contributed by atoms with Crippen LogP contribution in [0.3, 0.4) is 0 Å². The first kappa shape index (κ1) is 17.0. The summed E-state index contributed by atoms with van der Waals surface area (Å²) in [6, 6.07) is 22.4. The second-order valence-electron chi connectivity index (χ2n) is 5.94. The van der Waals surface area contributed by atoms with Gasteiger partial charge < -0.3 is 4.74 Å². The van der Waals surface area contributed by atoms with E-state index in [4.69, 9.17) is 10.00 Å². The predicted molar refractivity (Wildman–Crippen MR) is 105 cm³/mol. The third-order valence-corrected chi connectivity index (χ3v) is 5.03. The summed E-state index contributed by atoms with van der Waals surface area (Å²) in [6.45, 7) is 0.110. The molecule has 130 valence electrons. The molecule has 0 aliphatic heterocycles. The number of nitriles is 1. The Morgan fingerprint density at radius 3 is 2.78 bits per heavy atom. The third kappa shape index (κ3) is 3.57. The molecular formula is C22H14N2O2S. The number of hydrogen-bond acceptors (Lipinski definition) is 5. The molecule has 0 radical (unpaired) electrons. The second-order valence-corrected chi connectivity index (χ2v) is 6.89. The van der Waals surface area contributed by atoms with E-state index in [0.717, 1.165) is 27.0 Å². The summed E-state index contributed by atoms with van der Waals surface area (Å²) in [6.07, 6.45) is 0. The summed E-state index contributed by atoms with van der Waals surface area (Å²) < 4.78 is 5.52. The molecule has 0 atom stereocenters. The zero-order chi connectivity index (χ0) is 18.6. The van der Waals surface area contributed by atoms with Gasteiger partial charge in [0.1, 0.15) is 6.61 Å². The fourth-order valence-electron chi connectivity index (χ4n) is 2.85. The van der Waals surface area contributed by atoms with E-state index in [1.165, 1.54) is 0 Å². The molecule has 0 N–H and O–H groups in total. The minimum absolute atomic E-state index is 0.110. The van der Waals surface area contributed by atoms with Gasteiger partial charge in [-0.15, -0.1) is 11.3 Å². The second kappa shape index (κ2) is 7.40. The molecule has 0 saturated heterocycles. The average molecular weight is 370 g/mol. The van der Waals surface area contributed by atoms with E-state index >= 15 is 0 Å². The monoisotopic (exact) mass is 370 g/mol. The van der Waals surface area contributed by atoms with Crippen LogP contribution in [0.4, 0.5) is 0 Å². The first-order valence-electron chi connectivity index (χ1n) is 8.34. The maximum absolute atomic E-state index is 12.8. The number of hydrogen-bond donors (Lipinski definition) is 0. The van der Waals surface area contributed by atoms with Gasteiger partial charge in [0.15, 0.2) is 0 Å². The number of fused-ring (bicyclic) bond motifs is 1. The minimum Gasteiger partial charge on any atom is -0.457 e. The molecule has 0 fully saturated rings. The molecule has 5 heteroatoms. The molecule has 0 aliphatic rings. The number of aromatic nitrogens is 1. The van der Waals surface area contributed by atoms with Gasteiger partial charge in [-0.25, -0.2) is 9.78 Å². The Labute approximate surface area is 160 Å². The van der Waals surface area contributed by atoms with Crippen LogP contribution >= 0.6 is 11.3 Å². The molecule has 2 aromatic heterocycles. The number of pyridine rings is 1. The highest BCUT2D eigenvalue weighted by Crippen LogP contribution is 2.28. The SMILES string of the molecule is N#Cc1cccc(COC(=O)c2cc(-c3cccs3)nc3ccccc23)c1. The lowest BCUT2D eigenvalue weighted by Gasteiger charge is -2.09. The normalized spacial score (nSPS) is 10.5. The summed E-state index contributed by atoms with van der Waals surface area (Å²) in [5.41, 5.74) is 3.31. The van der Waals surface area contributed by atoms with Gasteiger partial charge in [0, 0.05) is 5.39 Å². The van der Waals surface area contributed by atoms with Crippen molar-refractivity contribution in [3.8, 4) is 16.6 Å². The van der Waals surface area contributed by atoms with Gasteiger partial charge in [0.2, 0.25) is 0 Å². The van der Waals surface area contributed by atoms with Crippen LogP contribution < -0.4 is 0 Å². The molecule has 0 unspecified atom stereocenters. The van der Waals surface area contributed by atoms with E-state index in [2.05, 4.69) is 11.1 Å². The van der Waals surface area contributed by atoms with Gasteiger partial charge in [-0.2, -0.15) is 5.26 Å². The molecule has 2 aromatic carbocycles. The van der Waals surface area contributed by atoms with Crippen LogP contribution in [0.25, 0.3) is 21.5 Å². The van der Waals surface area contributed by atoms with Crippen molar-refractivity contribution >= 4 is 28.2 Å². The topological polar surface area (TPSA) is 63.0 Å². The molecule has 0 bridgehead atoms. The van der Waals surface area contributed by atoms with Crippen LogP contribution in [-0.2, 0) is 11.3 Å². The Morgan fingerprint density at radius 2 is 1.96 bits per heavy atom. The number of para-hydroxylation sites is 1. The molecule has 2 heterocycles. The lowest BCUT2D eigenvalue weighted by atomic mass is 10.1. The maximum Gasteiger partial charge on any atom is 0.339 e. The smallest absolute Gasteiger partial charge is 0.339 e. The predicted octanol–water partition coefficient (Wildman–Crippen LogP) is 5.19. The van der Waals surface area contributed by atoms with E-state index < -0.39 is 5.97 Å². The van der Waals surface area contributed by atoms with Crippen LogP contribution in [0, 0.1) is 11.3 Å². The Bertz CT molecular complexity index is 1160. The van der Waals surface area contributed by atoms with Crippen molar-refractivity contribution < 1.29 is 9.53 Å². The van der Waals surface area contributed by atoms with E-state index in [9.17, 15) is 4.79 Å². The minimum atomic E-state index is -0.409. The van der Waals surface area contributed by atoms with Crippen LogP contribution in [-0.4, -0.2) is 11.0 Å². The number of thiophene rings is 1. The van der Waals surface area contributed by atoms with E-state index in [0.29, 0.717) is 11.1 Å². The van der Waals surface area contributed by atoms with Crippen molar-refractivity contribution in [3.05, 3.63) is 88.8 Å². The fourth-order valence-corrected chi connectivity index (χ4v) is 3.54. The van der Waals surface area contributed by atoms with Crippen molar-refractivity contribution in [2.24, 2.45) is 0 Å². The zero-order valence-corrected chi connectivity index (χ0v) is 15.1. The summed E-state index contributed by atoms with van der Waals surface area (Å²) in [7, 11) is 0. The van der Waals surface area contributed by atoms with Crippen LogP contribution in [0.5, 0.6) is 0 Å². The molecular weight excluding hydrogens is 356 g/mol. The van der Waals surface area contributed by atoms with Gasteiger partial charge in [0.25, 0.3) is 0 Å². The van der Waals surface area contributed by atoms with E-state index in [1.807, 2.05) is 47.8 Å². The van der Waals surface area contributed by atoms with Gasteiger partial charge >= 0.3 is 5.97 Å². The first-order chi connectivity index (χ1) is 13.2. The Balaban J connectivity index is 1.67.